The Bertz CT molecular complexity index is 855. The van der Waals surface area contributed by atoms with Crippen molar-refractivity contribution in [3.8, 4) is 0 Å². The zero-order valence-electron chi connectivity index (χ0n) is 17.0. The molecule has 0 aliphatic carbocycles. The fraction of sp³-hybridized carbons (Fsp3) is 0.500. The minimum Gasteiger partial charge on any atom is -0.454 e. The molecule has 10 heteroatoms. The molecule has 1 N–H and O–H groups in total. The van der Waals surface area contributed by atoms with Crippen LogP contribution in [0.1, 0.15) is 20.3 Å². The van der Waals surface area contributed by atoms with E-state index in [9.17, 15) is 19.2 Å². The van der Waals surface area contributed by atoms with Crippen molar-refractivity contribution in [3.63, 3.8) is 0 Å². The molecule has 0 saturated carbocycles. The molecule has 2 aliphatic rings. The summed E-state index contributed by atoms with van der Waals surface area (Å²) in [6.45, 7) is 4.68. The summed E-state index contributed by atoms with van der Waals surface area (Å²) in [7, 11) is 0. The Kier molecular flexibility index (Phi) is 6.50. The van der Waals surface area contributed by atoms with Crippen molar-refractivity contribution >= 4 is 41.1 Å². The van der Waals surface area contributed by atoms with Gasteiger partial charge in [0.25, 0.3) is 11.8 Å². The standard InChI is InChI=1S/C20H25ClN4O5/c1-3-20(2)18(28)25(19(29)22-20)12-17(27)30-13-16(26)24-9-7-23(8-10-24)15-6-4-5-14(21)11-15/h4-6,11H,3,7-10,12-13H2,1-2H3,(H,22,29). The van der Waals surface area contributed by atoms with Crippen molar-refractivity contribution in [2.45, 2.75) is 25.8 Å². The van der Waals surface area contributed by atoms with Crippen LogP contribution in [0, 0.1) is 0 Å². The van der Waals surface area contributed by atoms with E-state index in [1.165, 1.54) is 0 Å². The van der Waals surface area contributed by atoms with Gasteiger partial charge in [0.1, 0.15) is 12.1 Å². The molecule has 1 aromatic carbocycles. The van der Waals surface area contributed by atoms with Crippen LogP contribution in [0.25, 0.3) is 0 Å². The first-order valence-corrected chi connectivity index (χ1v) is 10.2. The quantitative estimate of drug-likeness (QED) is 0.532. The maximum absolute atomic E-state index is 12.4. The summed E-state index contributed by atoms with van der Waals surface area (Å²) >= 11 is 6.03. The van der Waals surface area contributed by atoms with Gasteiger partial charge in [0.15, 0.2) is 6.61 Å². The minimum atomic E-state index is -1.02. The highest BCUT2D eigenvalue weighted by Gasteiger charge is 2.47. The van der Waals surface area contributed by atoms with Gasteiger partial charge < -0.3 is 19.9 Å². The lowest BCUT2D eigenvalue weighted by Crippen LogP contribution is -2.50. The van der Waals surface area contributed by atoms with E-state index in [1.807, 2.05) is 18.2 Å². The van der Waals surface area contributed by atoms with Crippen molar-refractivity contribution in [2.24, 2.45) is 0 Å². The predicted octanol–water partition coefficient (Wildman–Crippen LogP) is 1.25. The van der Waals surface area contributed by atoms with Crippen LogP contribution in [0.2, 0.25) is 5.02 Å². The van der Waals surface area contributed by atoms with E-state index >= 15 is 0 Å². The number of hydrogen-bond donors (Lipinski definition) is 1. The molecule has 3 rings (SSSR count). The fourth-order valence-corrected chi connectivity index (χ4v) is 3.61. The number of nitrogens with zero attached hydrogens (tertiary/aromatic N) is 3. The zero-order chi connectivity index (χ0) is 21.9. The van der Waals surface area contributed by atoms with Gasteiger partial charge in [0.05, 0.1) is 0 Å². The Morgan fingerprint density at radius 1 is 1.20 bits per heavy atom. The third kappa shape index (κ3) is 4.67. The summed E-state index contributed by atoms with van der Waals surface area (Å²) in [5.74, 6) is -1.59. The molecule has 0 radical (unpaired) electrons. The van der Waals surface area contributed by atoms with Gasteiger partial charge in [-0.2, -0.15) is 0 Å². The Morgan fingerprint density at radius 3 is 2.50 bits per heavy atom. The highest BCUT2D eigenvalue weighted by molar-refractivity contribution is 6.30. The first kappa shape index (κ1) is 21.9. The molecule has 1 atom stereocenters. The van der Waals surface area contributed by atoms with Crippen molar-refractivity contribution in [3.05, 3.63) is 29.3 Å². The summed E-state index contributed by atoms with van der Waals surface area (Å²) in [6, 6.07) is 6.89. The molecule has 30 heavy (non-hydrogen) atoms. The van der Waals surface area contributed by atoms with E-state index in [1.54, 1.807) is 24.8 Å². The molecule has 162 valence electrons. The number of rotatable bonds is 6. The number of esters is 1. The lowest BCUT2D eigenvalue weighted by molar-refractivity contribution is -0.153. The van der Waals surface area contributed by atoms with Crippen molar-refractivity contribution in [2.75, 3.05) is 44.2 Å². The van der Waals surface area contributed by atoms with E-state index in [-0.39, 0.29) is 5.91 Å². The Labute approximate surface area is 179 Å². The Balaban J connectivity index is 1.44. The first-order chi connectivity index (χ1) is 14.2. The lowest BCUT2D eigenvalue weighted by atomic mass is 9.99. The second-order valence-corrected chi connectivity index (χ2v) is 7.95. The molecule has 0 spiro atoms. The molecule has 4 amide bonds. The summed E-state index contributed by atoms with van der Waals surface area (Å²) in [6.07, 6.45) is 0.406. The van der Waals surface area contributed by atoms with Gasteiger partial charge in [0, 0.05) is 36.9 Å². The van der Waals surface area contributed by atoms with Crippen LogP contribution in [-0.2, 0) is 19.1 Å². The molecule has 1 aromatic rings. The number of benzene rings is 1. The normalized spacial score (nSPS) is 21.6. The second-order valence-electron chi connectivity index (χ2n) is 7.52. The van der Waals surface area contributed by atoms with E-state index in [0.29, 0.717) is 37.6 Å². The molecule has 0 aromatic heterocycles. The molecule has 9 nitrogen and oxygen atoms in total. The van der Waals surface area contributed by atoms with Crippen LogP contribution in [-0.4, -0.2) is 78.5 Å². The summed E-state index contributed by atoms with van der Waals surface area (Å²) in [5.41, 5.74) is -0.0239. The largest absolute Gasteiger partial charge is 0.454 e. The maximum Gasteiger partial charge on any atom is 0.326 e. The number of amides is 4. The Hall–Kier alpha value is -2.81. The molecule has 2 aliphatic heterocycles. The molecule has 1 unspecified atom stereocenters. The number of nitrogens with one attached hydrogen (secondary N) is 1. The van der Waals surface area contributed by atoms with Crippen LogP contribution >= 0.6 is 11.6 Å². The number of halogens is 1. The monoisotopic (exact) mass is 436 g/mol. The average Bonchev–Trinajstić information content (AvgIpc) is 2.95. The minimum absolute atomic E-state index is 0.315. The number of imide groups is 1. The molecule has 2 heterocycles. The average molecular weight is 437 g/mol. The number of carbonyl (C=O) groups is 4. The first-order valence-electron chi connectivity index (χ1n) is 9.81. The number of piperazine rings is 1. The van der Waals surface area contributed by atoms with Crippen LogP contribution in [0.3, 0.4) is 0 Å². The second kappa shape index (κ2) is 8.91. The third-order valence-corrected chi connectivity index (χ3v) is 5.74. The SMILES string of the molecule is CCC1(C)NC(=O)N(CC(=O)OCC(=O)N2CCN(c3cccc(Cl)c3)CC2)C1=O. The van der Waals surface area contributed by atoms with Gasteiger partial charge in [-0.05, 0) is 31.5 Å². The highest BCUT2D eigenvalue weighted by atomic mass is 35.5. The van der Waals surface area contributed by atoms with E-state index in [0.717, 1.165) is 10.6 Å². The number of ether oxygens (including phenoxy) is 1. The van der Waals surface area contributed by atoms with Gasteiger partial charge in [-0.3, -0.25) is 19.3 Å². The van der Waals surface area contributed by atoms with Gasteiger partial charge in [-0.15, -0.1) is 0 Å². The van der Waals surface area contributed by atoms with Crippen molar-refractivity contribution in [1.29, 1.82) is 0 Å². The molecule has 2 saturated heterocycles. The smallest absolute Gasteiger partial charge is 0.326 e. The van der Waals surface area contributed by atoms with Crippen molar-refractivity contribution in [1.82, 2.24) is 15.1 Å². The van der Waals surface area contributed by atoms with Gasteiger partial charge in [-0.25, -0.2) is 4.79 Å². The topological polar surface area (TPSA) is 99.3 Å². The van der Waals surface area contributed by atoms with E-state index in [2.05, 4.69) is 10.2 Å². The number of carbonyl (C=O) groups excluding carboxylic acids is 4. The fourth-order valence-electron chi connectivity index (χ4n) is 3.43. The lowest BCUT2D eigenvalue weighted by Gasteiger charge is -2.36. The van der Waals surface area contributed by atoms with Crippen LogP contribution in [0.15, 0.2) is 24.3 Å². The molecular weight excluding hydrogens is 412 g/mol. The maximum atomic E-state index is 12.4. The van der Waals surface area contributed by atoms with Gasteiger partial charge >= 0.3 is 12.0 Å². The van der Waals surface area contributed by atoms with Gasteiger partial charge in [-0.1, -0.05) is 24.6 Å². The van der Waals surface area contributed by atoms with Crippen LogP contribution in [0.5, 0.6) is 0 Å². The number of hydrogen-bond acceptors (Lipinski definition) is 6. The van der Waals surface area contributed by atoms with Gasteiger partial charge in [0.2, 0.25) is 0 Å². The highest BCUT2D eigenvalue weighted by Crippen LogP contribution is 2.21. The zero-order valence-corrected chi connectivity index (χ0v) is 17.8. The molecule has 2 fully saturated rings. The van der Waals surface area contributed by atoms with Crippen LogP contribution < -0.4 is 10.2 Å². The summed E-state index contributed by atoms with van der Waals surface area (Å²) in [5, 5.41) is 3.22. The predicted molar refractivity (Wildman–Crippen MR) is 110 cm³/mol. The third-order valence-electron chi connectivity index (χ3n) is 5.50. The number of urea groups is 1. The van der Waals surface area contributed by atoms with Crippen LogP contribution in [0.4, 0.5) is 10.5 Å². The Morgan fingerprint density at radius 2 is 1.90 bits per heavy atom. The number of anilines is 1. The van der Waals surface area contributed by atoms with E-state index in [4.69, 9.17) is 16.3 Å². The molecule has 0 bridgehead atoms. The summed E-state index contributed by atoms with van der Waals surface area (Å²) in [4.78, 5) is 53.2. The van der Waals surface area contributed by atoms with Crippen molar-refractivity contribution < 1.29 is 23.9 Å². The summed E-state index contributed by atoms with van der Waals surface area (Å²) < 4.78 is 5.01. The van der Waals surface area contributed by atoms with E-state index < -0.39 is 36.6 Å². The molecular formula is C20H25ClN4O5.